The van der Waals surface area contributed by atoms with Gasteiger partial charge in [0, 0.05) is 81.1 Å². The second-order valence-corrected chi connectivity index (χ2v) is 16.7. The predicted octanol–water partition coefficient (Wildman–Crippen LogP) is 0.353. The number of rotatable bonds is 12. The van der Waals surface area contributed by atoms with E-state index in [1.54, 1.807) is 48.8 Å². The van der Waals surface area contributed by atoms with Crippen molar-refractivity contribution < 1.29 is 38.4 Å². The Morgan fingerprint density at radius 3 is 2.07 bits per heavy atom. The number of para-hydroxylation sites is 1. The van der Waals surface area contributed by atoms with Gasteiger partial charge < -0.3 is 53.7 Å². The van der Waals surface area contributed by atoms with Crippen LogP contribution in [0.2, 0.25) is 0 Å². The lowest BCUT2D eigenvalue weighted by Gasteiger charge is -2.28. The highest BCUT2D eigenvalue weighted by Crippen LogP contribution is 2.20. The number of nitrogens with one attached hydrogen (secondary N) is 8. The number of nitrogens with zero attached hydrogens (tertiary/aromatic N) is 2. The first-order chi connectivity index (χ1) is 32.2. The molecule has 2 aliphatic heterocycles. The second-order valence-electron chi connectivity index (χ2n) is 16.7. The summed E-state index contributed by atoms with van der Waals surface area (Å²) in [4.78, 5) is 121. The van der Waals surface area contributed by atoms with Gasteiger partial charge in [0.1, 0.15) is 30.2 Å². The Balaban J connectivity index is 1.52. The number of allylic oxidation sites excluding steroid dienone is 1. The number of aromatic amines is 1. The largest absolute Gasteiger partial charge is 0.370 e. The number of fused-ring (bicyclic) bond motifs is 1. The van der Waals surface area contributed by atoms with Crippen LogP contribution in [0.25, 0.3) is 10.9 Å². The lowest BCUT2D eigenvalue weighted by Crippen LogP contribution is -2.60. The van der Waals surface area contributed by atoms with Crippen molar-refractivity contribution in [2.24, 2.45) is 21.5 Å². The quantitative estimate of drug-likeness (QED) is 0.0676. The Labute approximate surface area is 388 Å². The predicted molar refractivity (Wildman–Crippen MR) is 252 cm³/mol. The van der Waals surface area contributed by atoms with Gasteiger partial charge >= 0.3 is 0 Å². The second kappa shape index (κ2) is 25.4. The molecule has 2 aliphatic rings. The number of hydrogen-bond donors (Lipinski definition) is 10. The minimum atomic E-state index is -1.31. The average Bonchev–Trinajstić information content (AvgIpc) is 3.97. The number of H-pyrrole nitrogens is 1. The molecule has 0 saturated carbocycles. The van der Waals surface area contributed by atoms with E-state index in [1.165, 1.54) is 13.8 Å². The van der Waals surface area contributed by atoms with Crippen molar-refractivity contribution in [2.45, 2.75) is 121 Å². The SMILES string of the molecule is CC(=O)N[C@H]1CCCCNC(=O)CC[C@@H](C(C)=O)NC(=O)[C@H](Cc2c[nH]c3ccccc23)NC(=O)[C@H](CCCN=C(N)N)NC(=O)[C@@H](Cc2ccccc2)NC(=O)[C@H](CC2=CCC=N2)NC1=O. The first-order valence-electron chi connectivity index (χ1n) is 22.6. The zero-order valence-corrected chi connectivity index (χ0v) is 37.9. The van der Waals surface area contributed by atoms with Gasteiger partial charge in [-0.25, -0.2) is 0 Å². The Hall–Kier alpha value is -7.38. The molecule has 12 N–H and O–H groups in total. The van der Waals surface area contributed by atoms with E-state index in [2.05, 4.69) is 52.2 Å². The summed E-state index contributed by atoms with van der Waals surface area (Å²) in [6, 6.07) is 9.04. The summed E-state index contributed by atoms with van der Waals surface area (Å²) in [5, 5.41) is 20.2. The monoisotopic (exact) mass is 922 g/mol. The fourth-order valence-electron chi connectivity index (χ4n) is 7.84. The number of ketones is 1. The van der Waals surface area contributed by atoms with Gasteiger partial charge in [-0.05, 0) is 62.6 Å². The summed E-state index contributed by atoms with van der Waals surface area (Å²) in [6.45, 7) is 2.88. The highest BCUT2D eigenvalue weighted by Gasteiger charge is 2.34. The first kappa shape index (κ1) is 50.6. The van der Waals surface area contributed by atoms with Crippen LogP contribution in [0.1, 0.15) is 82.8 Å². The molecule has 3 heterocycles. The van der Waals surface area contributed by atoms with E-state index < -0.39 is 77.5 Å². The van der Waals surface area contributed by atoms with Crippen LogP contribution in [-0.4, -0.2) is 114 Å². The van der Waals surface area contributed by atoms with E-state index in [1.807, 2.05) is 24.3 Å². The minimum absolute atomic E-state index is 0.0116. The molecule has 6 atom stereocenters. The summed E-state index contributed by atoms with van der Waals surface area (Å²) >= 11 is 0. The van der Waals surface area contributed by atoms with Crippen LogP contribution in [0.15, 0.2) is 82.6 Å². The number of amides is 7. The van der Waals surface area contributed by atoms with Crippen LogP contribution in [0.5, 0.6) is 0 Å². The van der Waals surface area contributed by atoms with E-state index in [0.29, 0.717) is 36.1 Å². The molecule has 0 spiro atoms. The van der Waals surface area contributed by atoms with Crippen LogP contribution in [0.4, 0.5) is 0 Å². The van der Waals surface area contributed by atoms with Gasteiger partial charge in [0.05, 0.1) is 6.04 Å². The van der Waals surface area contributed by atoms with Gasteiger partial charge in [-0.3, -0.25) is 48.3 Å². The Morgan fingerprint density at radius 1 is 0.746 bits per heavy atom. The molecule has 0 radical (unpaired) electrons. The third-order valence-electron chi connectivity index (χ3n) is 11.4. The van der Waals surface area contributed by atoms with E-state index in [9.17, 15) is 38.4 Å². The fraction of sp³-hybridized carbons (Fsp3) is 0.447. The zero-order chi connectivity index (χ0) is 48.3. The van der Waals surface area contributed by atoms with Crippen LogP contribution in [-0.2, 0) is 51.2 Å². The topological polar surface area (TPSA) is 313 Å². The van der Waals surface area contributed by atoms with E-state index in [-0.39, 0.29) is 76.3 Å². The molecule has 2 aromatic carbocycles. The van der Waals surface area contributed by atoms with Crippen molar-refractivity contribution in [3.8, 4) is 0 Å². The van der Waals surface area contributed by atoms with Gasteiger partial charge in [0.2, 0.25) is 41.4 Å². The molecular formula is C47H62N12O8. The van der Waals surface area contributed by atoms with Crippen LogP contribution in [0, 0.1) is 0 Å². The molecule has 7 amide bonds. The van der Waals surface area contributed by atoms with Gasteiger partial charge in [0.15, 0.2) is 11.7 Å². The maximum Gasteiger partial charge on any atom is 0.243 e. The van der Waals surface area contributed by atoms with Gasteiger partial charge in [-0.2, -0.15) is 0 Å². The van der Waals surface area contributed by atoms with Crippen molar-refractivity contribution in [3.63, 3.8) is 0 Å². The summed E-state index contributed by atoms with van der Waals surface area (Å²) in [7, 11) is 0. The number of Topliss-reactive ketones (excluding diaryl/α,β-unsaturated/α-hetero) is 1. The molecule has 0 aliphatic carbocycles. The summed E-state index contributed by atoms with van der Waals surface area (Å²) < 4.78 is 0. The smallest absolute Gasteiger partial charge is 0.243 e. The third kappa shape index (κ3) is 16.2. The van der Waals surface area contributed by atoms with Crippen molar-refractivity contribution >= 4 is 70.2 Å². The van der Waals surface area contributed by atoms with E-state index >= 15 is 0 Å². The highest BCUT2D eigenvalue weighted by molar-refractivity contribution is 5.98. The summed E-state index contributed by atoms with van der Waals surface area (Å²) in [5.74, 6) is -5.00. The van der Waals surface area contributed by atoms with Gasteiger partial charge in [-0.1, -0.05) is 54.6 Å². The molecule has 5 rings (SSSR count). The molecule has 0 unspecified atom stereocenters. The van der Waals surface area contributed by atoms with Crippen molar-refractivity contribution in [2.75, 3.05) is 13.1 Å². The lowest BCUT2D eigenvalue weighted by molar-refractivity contribution is -0.135. The van der Waals surface area contributed by atoms with Crippen molar-refractivity contribution in [3.05, 3.63) is 83.7 Å². The number of hydrogen-bond acceptors (Lipinski definition) is 10. The lowest BCUT2D eigenvalue weighted by atomic mass is 10.0. The molecular weight excluding hydrogens is 861 g/mol. The molecule has 67 heavy (non-hydrogen) atoms. The molecule has 0 bridgehead atoms. The molecule has 358 valence electrons. The van der Waals surface area contributed by atoms with Crippen molar-refractivity contribution in [1.82, 2.24) is 42.2 Å². The number of nitrogens with two attached hydrogens (primary N) is 2. The minimum Gasteiger partial charge on any atom is -0.370 e. The third-order valence-corrected chi connectivity index (χ3v) is 11.4. The number of aliphatic imine (C=N–C) groups is 2. The number of guanidine groups is 1. The van der Waals surface area contributed by atoms with Gasteiger partial charge in [-0.15, -0.1) is 0 Å². The highest BCUT2D eigenvalue weighted by atomic mass is 16.2. The van der Waals surface area contributed by atoms with Crippen LogP contribution in [0.3, 0.4) is 0 Å². The Kier molecular flexibility index (Phi) is 19.2. The Morgan fingerprint density at radius 2 is 1.39 bits per heavy atom. The number of carbonyl (C=O) groups is 8. The number of benzene rings is 2. The zero-order valence-electron chi connectivity index (χ0n) is 37.9. The fourth-order valence-corrected chi connectivity index (χ4v) is 7.84. The van der Waals surface area contributed by atoms with E-state index in [0.717, 1.165) is 10.9 Å². The molecule has 20 heteroatoms. The average molecular weight is 923 g/mol. The maximum atomic E-state index is 14.6. The molecule has 20 nitrogen and oxygen atoms in total. The number of carbonyl (C=O) groups excluding carboxylic acids is 8. The van der Waals surface area contributed by atoms with Crippen LogP contribution >= 0.6 is 0 Å². The van der Waals surface area contributed by atoms with E-state index in [4.69, 9.17) is 11.5 Å². The van der Waals surface area contributed by atoms with Crippen LogP contribution < -0.4 is 48.7 Å². The molecule has 3 aromatic rings. The molecule has 1 saturated heterocycles. The molecule has 1 fully saturated rings. The normalized spacial score (nSPS) is 23.0. The first-order valence-corrected chi connectivity index (χ1v) is 22.6. The Bertz CT molecular complexity index is 2340. The van der Waals surface area contributed by atoms with Gasteiger partial charge in [0.25, 0.3) is 0 Å². The maximum absolute atomic E-state index is 14.6. The standard InChI is InChI=1S/C47H62N12O8/c1-28(60)34-19-20-41(62)51-21-9-8-17-36(54-29(2)61)42(63)59-40(26-32-14-10-22-50-32)46(67)57-38(24-30-12-4-3-5-13-30)44(65)56-37(18-11-23-52-47(48)49)43(64)58-39(45(66)55-34)25-31-27-53-35-16-7-6-15-33(31)35/h3-7,12-16,22,27,34,36-40,53H,8-11,17-21,23-26H2,1-2H3,(H,51,62)(H,54,61)(H,55,66)(H,56,65)(H,57,67)(H,58,64)(H,59,63)(H4,48,49,52)/t34-,36-,37-,38+,39-,40-/m0/s1. The molecule has 1 aromatic heterocycles. The number of aromatic nitrogens is 1. The van der Waals surface area contributed by atoms with Crippen molar-refractivity contribution in [1.29, 1.82) is 0 Å². The summed E-state index contributed by atoms with van der Waals surface area (Å²) in [6.07, 6.45) is 6.66. The summed E-state index contributed by atoms with van der Waals surface area (Å²) in [5.41, 5.74) is 13.8.